The van der Waals surface area contributed by atoms with Crippen molar-refractivity contribution < 1.29 is 24.2 Å². The summed E-state index contributed by atoms with van der Waals surface area (Å²) in [5, 5.41) is 11.6. The summed E-state index contributed by atoms with van der Waals surface area (Å²) in [4.78, 5) is 30.2. The van der Waals surface area contributed by atoms with Gasteiger partial charge in [-0.1, -0.05) is 37.6 Å². The largest absolute Gasteiger partial charge is 0.507 e. The molecule has 1 atom stereocenters. The molecule has 1 aliphatic heterocycles. The predicted octanol–water partition coefficient (Wildman–Crippen LogP) is 5.29. The molecule has 0 spiro atoms. The molecule has 8 heteroatoms. The molecule has 1 saturated heterocycles. The number of nitrogens with zero attached hydrogens (tertiary/aromatic N) is 2. The monoisotopic (exact) mass is 514 g/mol. The topological polar surface area (TPSA) is 79.3 Å². The van der Waals surface area contributed by atoms with Crippen LogP contribution in [0.4, 0.5) is 0 Å². The summed E-state index contributed by atoms with van der Waals surface area (Å²) in [6.45, 7) is 11.9. The van der Waals surface area contributed by atoms with Crippen molar-refractivity contribution in [3.8, 4) is 11.5 Å². The molecule has 1 amide bonds. The highest BCUT2D eigenvalue weighted by molar-refractivity contribution is 6.46. The van der Waals surface area contributed by atoms with E-state index < -0.39 is 17.7 Å². The van der Waals surface area contributed by atoms with E-state index in [0.717, 1.165) is 25.2 Å². The van der Waals surface area contributed by atoms with Crippen molar-refractivity contribution in [2.75, 3.05) is 39.4 Å². The van der Waals surface area contributed by atoms with Crippen LogP contribution in [0, 0.1) is 0 Å². The molecule has 0 aromatic heterocycles. The number of ether oxygens (including phenoxy) is 2. The van der Waals surface area contributed by atoms with Crippen LogP contribution in [0.5, 0.6) is 11.5 Å². The number of ketones is 1. The van der Waals surface area contributed by atoms with Gasteiger partial charge in [0.2, 0.25) is 0 Å². The molecule has 0 bridgehead atoms. The van der Waals surface area contributed by atoms with E-state index in [9.17, 15) is 14.7 Å². The Balaban J connectivity index is 2.03. The summed E-state index contributed by atoms with van der Waals surface area (Å²) in [5.41, 5.74) is 1.12. The molecule has 1 aliphatic rings. The minimum Gasteiger partial charge on any atom is -0.507 e. The van der Waals surface area contributed by atoms with E-state index >= 15 is 0 Å². The van der Waals surface area contributed by atoms with Gasteiger partial charge in [0.1, 0.15) is 17.3 Å². The van der Waals surface area contributed by atoms with Crippen molar-refractivity contribution >= 4 is 29.1 Å². The second-order valence-corrected chi connectivity index (χ2v) is 8.86. The zero-order chi connectivity index (χ0) is 26.2. The van der Waals surface area contributed by atoms with Gasteiger partial charge in [-0.2, -0.15) is 0 Å². The molecule has 1 fully saturated rings. The number of hydrogen-bond donors (Lipinski definition) is 1. The number of benzene rings is 2. The zero-order valence-corrected chi connectivity index (χ0v) is 22.2. The minimum atomic E-state index is -0.720. The number of aliphatic hydroxyl groups is 1. The van der Waals surface area contributed by atoms with E-state index in [-0.39, 0.29) is 11.3 Å². The van der Waals surface area contributed by atoms with E-state index in [1.165, 1.54) is 0 Å². The lowest BCUT2D eigenvalue weighted by Crippen LogP contribution is -2.33. The maximum absolute atomic E-state index is 13.2. The molecule has 1 N–H and O–H groups in total. The van der Waals surface area contributed by atoms with Crippen LogP contribution in [0.2, 0.25) is 5.02 Å². The first-order valence-corrected chi connectivity index (χ1v) is 12.9. The fourth-order valence-electron chi connectivity index (χ4n) is 4.45. The van der Waals surface area contributed by atoms with Gasteiger partial charge >= 0.3 is 0 Å². The number of amides is 1. The van der Waals surface area contributed by atoms with Gasteiger partial charge in [0.05, 0.1) is 29.9 Å². The van der Waals surface area contributed by atoms with Gasteiger partial charge in [-0.05, 0) is 75.8 Å². The fourth-order valence-corrected chi connectivity index (χ4v) is 4.69. The summed E-state index contributed by atoms with van der Waals surface area (Å²) in [7, 11) is 0. The molecule has 0 saturated carbocycles. The molecule has 2 aromatic carbocycles. The van der Waals surface area contributed by atoms with Gasteiger partial charge in [-0.25, -0.2) is 0 Å². The van der Waals surface area contributed by atoms with Gasteiger partial charge in [-0.3, -0.25) is 9.59 Å². The van der Waals surface area contributed by atoms with Crippen LogP contribution in [0.25, 0.3) is 5.76 Å². The van der Waals surface area contributed by atoms with Gasteiger partial charge in [0.15, 0.2) is 0 Å². The molecule has 0 unspecified atom stereocenters. The van der Waals surface area contributed by atoms with Gasteiger partial charge < -0.3 is 24.4 Å². The van der Waals surface area contributed by atoms with Crippen molar-refractivity contribution in [3.63, 3.8) is 0 Å². The lowest BCUT2D eigenvalue weighted by atomic mass is 9.95. The van der Waals surface area contributed by atoms with E-state index in [2.05, 4.69) is 18.7 Å². The van der Waals surface area contributed by atoms with Crippen molar-refractivity contribution in [1.82, 2.24) is 9.80 Å². The second kappa shape index (κ2) is 12.8. The van der Waals surface area contributed by atoms with Crippen molar-refractivity contribution in [2.24, 2.45) is 0 Å². The Labute approximate surface area is 218 Å². The first-order valence-electron chi connectivity index (χ1n) is 12.5. The Hall–Kier alpha value is -3.03. The van der Waals surface area contributed by atoms with E-state index in [4.69, 9.17) is 21.1 Å². The number of aliphatic hydroxyl groups excluding tert-OH is 1. The second-order valence-electron chi connectivity index (χ2n) is 8.45. The highest BCUT2D eigenvalue weighted by Gasteiger charge is 2.45. The molecule has 0 radical (unpaired) electrons. The van der Waals surface area contributed by atoms with E-state index in [1.807, 2.05) is 38.1 Å². The van der Waals surface area contributed by atoms with Crippen LogP contribution < -0.4 is 9.47 Å². The fraction of sp³-hybridized carbons (Fsp3) is 0.429. The first-order chi connectivity index (χ1) is 17.4. The number of halogens is 1. The normalized spacial score (nSPS) is 17.2. The Morgan fingerprint density at radius 2 is 1.67 bits per heavy atom. The predicted molar refractivity (Wildman–Crippen MR) is 142 cm³/mol. The third kappa shape index (κ3) is 6.02. The van der Waals surface area contributed by atoms with Crippen LogP contribution in [0.15, 0.2) is 48.0 Å². The number of carbonyl (C=O) groups excluding carboxylic acids is 2. The molecular weight excluding hydrogens is 480 g/mol. The van der Waals surface area contributed by atoms with Crippen molar-refractivity contribution in [2.45, 2.75) is 40.2 Å². The number of hydrogen-bond acceptors (Lipinski definition) is 6. The summed E-state index contributed by atoms with van der Waals surface area (Å²) in [5.74, 6) is -0.414. The van der Waals surface area contributed by atoms with Crippen LogP contribution in [-0.4, -0.2) is 66.0 Å². The minimum absolute atomic E-state index is 0.0484. The standard InChI is InChI=1S/C28H35ClN2O5/c1-5-30(6-2)16-9-17-31-25(19-10-13-21(14-11-19)35-7-3)24(27(33)28(31)34)26(32)20-12-15-23(36-8-4)22(29)18-20/h10-15,18,25,32H,5-9,16-17H2,1-4H3/t25-/m0/s1. The number of likely N-dealkylation sites (tertiary alicyclic amines) is 1. The van der Waals surface area contributed by atoms with E-state index in [0.29, 0.717) is 48.3 Å². The summed E-state index contributed by atoms with van der Waals surface area (Å²) in [6, 6.07) is 11.4. The molecule has 2 aromatic rings. The van der Waals surface area contributed by atoms with Crippen molar-refractivity contribution in [1.29, 1.82) is 0 Å². The van der Waals surface area contributed by atoms with Gasteiger partial charge in [-0.15, -0.1) is 0 Å². The van der Waals surface area contributed by atoms with Crippen LogP contribution >= 0.6 is 11.6 Å². The first kappa shape index (κ1) is 27.6. The van der Waals surface area contributed by atoms with Gasteiger partial charge in [0.25, 0.3) is 11.7 Å². The van der Waals surface area contributed by atoms with Crippen LogP contribution in [0.1, 0.15) is 51.3 Å². The third-order valence-electron chi connectivity index (χ3n) is 6.32. The molecular formula is C28H35ClN2O5. The number of Topliss-reactive ketones (excluding diaryl/α,β-unsaturated/α-hetero) is 1. The van der Waals surface area contributed by atoms with Crippen molar-refractivity contribution in [3.05, 3.63) is 64.2 Å². The molecule has 3 rings (SSSR count). The highest BCUT2D eigenvalue weighted by Crippen LogP contribution is 2.40. The Bertz CT molecular complexity index is 1100. The Morgan fingerprint density at radius 3 is 2.25 bits per heavy atom. The summed E-state index contributed by atoms with van der Waals surface area (Å²) >= 11 is 6.34. The maximum atomic E-state index is 13.2. The molecule has 0 aliphatic carbocycles. The lowest BCUT2D eigenvalue weighted by molar-refractivity contribution is -0.140. The Morgan fingerprint density at radius 1 is 1.00 bits per heavy atom. The van der Waals surface area contributed by atoms with Crippen LogP contribution in [-0.2, 0) is 9.59 Å². The Kier molecular flexibility index (Phi) is 9.79. The molecule has 36 heavy (non-hydrogen) atoms. The zero-order valence-electron chi connectivity index (χ0n) is 21.4. The SMILES string of the molecule is CCOc1ccc([C@H]2C(=C(O)c3ccc(OCC)c(Cl)c3)C(=O)C(=O)N2CCCN(CC)CC)cc1. The number of carbonyl (C=O) groups is 2. The van der Waals surface area contributed by atoms with E-state index in [1.54, 1.807) is 23.1 Å². The van der Waals surface area contributed by atoms with Crippen LogP contribution in [0.3, 0.4) is 0 Å². The maximum Gasteiger partial charge on any atom is 0.295 e. The highest BCUT2D eigenvalue weighted by atomic mass is 35.5. The lowest BCUT2D eigenvalue weighted by Gasteiger charge is -2.27. The number of rotatable bonds is 12. The molecule has 194 valence electrons. The average molecular weight is 515 g/mol. The quantitative estimate of drug-likeness (QED) is 0.235. The molecule has 7 nitrogen and oxygen atoms in total. The smallest absolute Gasteiger partial charge is 0.295 e. The molecule has 1 heterocycles. The summed E-state index contributed by atoms with van der Waals surface area (Å²) < 4.78 is 11.0. The summed E-state index contributed by atoms with van der Waals surface area (Å²) in [6.07, 6.45) is 0.706. The average Bonchev–Trinajstić information content (AvgIpc) is 3.13. The van der Waals surface area contributed by atoms with Gasteiger partial charge in [0, 0.05) is 12.1 Å². The third-order valence-corrected chi connectivity index (χ3v) is 6.62.